The lowest BCUT2D eigenvalue weighted by Gasteiger charge is -2.23. The molecule has 3 rings (SSSR count). The highest BCUT2D eigenvalue weighted by Gasteiger charge is 2.30. The predicted octanol–water partition coefficient (Wildman–Crippen LogP) is 1.65. The lowest BCUT2D eigenvalue weighted by atomic mass is 10.0. The lowest BCUT2D eigenvalue weighted by molar-refractivity contribution is 0.0206. The van der Waals surface area contributed by atoms with E-state index >= 15 is 0 Å². The minimum atomic E-state index is -0.218. The van der Waals surface area contributed by atoms with Crippen LogP contribution in [0.4, 0.5) is 0 Å². The highest BCUT2D eigenvalue weighted by molar-refractivity contribution is 5.93. The van der Waals surface area contributed by atoms with Gasteiger partial charge in [-0.15, -0.1) is 0 Å². The van der Waals surface area contributed by atoms with Gasteiger partial charge in [0.2, 0.25) is 0 Å². The van der Waals surface area contributed by atoms with Gasteiger partial charge >= 0.3 is 0 Å². The molecule has 0 radical (unpaired) electrons. The van der Waals surface area contributed by atoms with Gasteiger partial charge in [-0.1, -0.05) is 0 Å². The Balaban J connectivity index is 1.57. The Hall–Kier alpha value is -1.49. The first-order chi connectivity index (χ1) is 9.16. The molecule has 1 aromatic heterocycles. The smallest absolute Gasteiger partial charge is 0.254 e. The fraction of sp³-hybridized carbons (Fsp3) is 0.643. The highest BCUT2D eigenvalue weighted by atomic mass is 16.5. The van der Waals surface area contributed by atoms with E-state index in [1.165, 1.54) is 12.8 Å². The number of nitrogens with one attached hydrogen (secondary N) is 1. The van der Waals surface area contributed by atoms with Crippen molar-refractivity contribution >= 4 is 5.91 Å². The molecular weight excluding hydrogens is 242 g/mol. The molecule has 5 heteroatoms. The summed E-state index contributed by atoms with van der Waals surface area (Å²) in [5, 5.41) is 2.90. The summed E-state index contributed by atoms with van der Waals surface area (Å²) in [5.41, 5.74) is 0.302. The first-order valence-electron chi connectivity index (χ1n) is 6.90. The summed E-state index contributed by atoms with van der Waals surface area (Å²) in [4.78, 5) is 20.5. The third-order valence-electron chi connectivity index (χ3n) is 3.80. The first kappa shape index (κ1) is 12.5. The Morgan fingerprint density at radius 2 is 2.21 bits per heavy atom. The zero-order valence-corrected chi connectivity index (χ0v) is 11.2. The van der Waals surface area contributed by atoms with Gasteiger partial charge in [0.15, 0.2) is 0 Å². The number of hydrogen-bond acceptors (Lipinski definition) is 4. The monoisotopic (exact) mass is 261 g/mol. The molecule has 1 amide bonds. The molecule has 1 saturated carbocycles. The third kappa shape index (κ3) is 2.92. The van der Waals surface area contributed by atoms with Crippen LogP contribution in [0.5, 0.6) is 0 Å². The van der Waals surface area contributed by atoms with Crippen molar-refractivity contribution in [2.24, 2.45) is 0 Å². The summed E-state index contributed by atoms with van der Waals surface area (Å²) in [7, 11) is 0. The summed E-state index contributed by atoms with van der Waals surface area (Å²) in [6.07, 6.45) is 7.63. The number of rotatable bonds is 4. The minimum Gasteiger partial charge on any atom is -0.373 e. The second-order valence-corrected chi connectivity index (χ2v) is 5.69. The topological polar surface area (TPSA) is 64.1 Å². The quantitative estimate of drug-likeness (QED) is 0.895. The number of hydrogen-bond donors (Lipinski definition) is 1. The van der Waals surface area contributed by atoms with Crippen LogP contribution in [-0.4, -0.2) is 34.6 Å². The van der Waals surface area contributed by atoms with Crippen molar-refractivity contribution in [1.29, 1.82) is 0 Å². The van der Waals surface area contributed by atoms with Gasteiger partial charge in [0, 0.05) is 31.5 Å². The second kappa shape index (κ2) is 4.89. The average Bonchev–Trinajstić information content (AvgIpc) is 3.19. The van der Waals surface area contributed by atoms with E-state index in [0.29, 0.717) is 18.0 Å². The SMILES string of the molecule is C[C@]1(CNC(=O)c2cnc(C3CC3)nc2)CCCO1. The Kier molecular flexibility index (Phi) is 3.22. The summed E-state index contributed by atoms with van der Waals surface area (Å²) < 4.78 is 5.64. The Morgan fingerprint density at radius 3 is 2.79 bits per heavy atom. The van der Waals surface area contributed by atoms with Crippen molar-refractivity contribution in [3.05, 3.63) is 23.8 Å². The first-order valence-corrected chi connectivity index (χ1v) is 6.90. The third-order valence-corrected chi connectivity index (χ3v) is 3.80. The molecule has 1 aromatic rings. The normalized spacial score (nSPS) is 26.4. The van der Waals surface area contributed by atoms with E-state index in [1.807, 2.05) is 6.92 Å². The molecule has 19 heavy (non-hydrogen) atoms. The van der Waals surface area contributed by atoms with Gasteiger partial charge in [0.25, 0.3) is 5.91 Å². The molecule has 1 aliphatic heterocycles. The van der Waals surface area contributed by atoms with Crippen molar-refractivity contribution in [3.8, 4) is 0 Å². The van der Waals surface area contributed by atoms with E-state index in [9.17, 15) is 4.79 Å². The molecule has 2 heterocycles. The van der Waals surface area contributed by atoms with Crippen LogP contribution in [0.15, 0.2) is 12.4 Å². The molecular formula is C14H19N3O2. The van der Waals surface area contributed by atoms with E-state index in [1.54, 1.807) is 12.4 Å². The standard InChI is InChI=1S/C14H19N3O2/c1-14(5-2-6-19-14)9-17-13(18)11-7-15-12(16-8-11)10-3-4-10/h7-8,10H,2-6,9H2,1H3,(H,17,18)/t14-/m1/s1. The number of carbonyl (C=O) groups excluding carboxylic acids is 1. The summed E-state index contributed by atoms with van der Waals surface area (Å²) in [6.45, 7) is 3.36. The molecule has 5 nitrogen and oxygen atoms in total. The van der Waals surface area contributed by atoms with Crippen molar-refractivity contribution < 1.29 is 9.53 Å². The molecule has 1 saturated heterocycles. The molecule has 2 aliphatic rings. The highest BCUT2D eigenvalue weighted by Crippen LogP contribution is 2.37. The van der Waals surface area contributed by atoms with Crippen LogP contribution in [0.2, 0.25) is 0 Å². The van der Waals surface area contributed by atoms with Gasteiger partial charge in [-0.3, -0.25) is 4.79 Å². The zero-order chi connectivity index (χ0) is 13.3. The van der Waals surface area contributed by atoms with E-state index < -0.39 is 0 Å². The number of nitrogens with zero attached hydrogens (tertiary/aromatic N) is 2. The van der Waals surface area contributed by atoms with Crippen LogP contribution < -0.4 is 5.32 Å². The van der Waals surface area contributed by atoms with Crippen molar-refractivity contribution in [2.75, 3.05) is 13.2 Å². The van der Waals surface area contributed by atoms with Gasteiger partial charge in [-0.05, 0) is 32.6 Å². The van der Waals surface area contributed by atoms with Crippen LogP contribution >= 0.6 is 0 Å². The van der Waals surface area contributed by atoms with E-state index in [4.69, 9.17) is 4.74 Å². The maximum Gasteiger partial charge on any atom is 0.254 e. The van der Waals surface area contributed by atoms with Gasteiger partial charge in [0.1, 0.15) is 5.82 Å². The molecule has 1 aliphatic carbocycles. The summed E-state index contributed by atoms with van der Waals surface area (Å²) in [6, 6.07) is 0. The van der Waals surface area contributed by atoms with E-state index in [2.05, 4.69) is 15.3 Å². The fourth-order valence-electron chi connectivity index (χ4n) is 2.35. The molecule has 0 bridgehead atoms. The van der Waals surface area contributed by atoms with Gasteiger partial charge in [0.05, 0.1) is 11.2 Å². The van der Waals surface area contributed by atoms with E-state index in [0.717, 1.165) is 25.3 Å². The number of ether oxygens (including phenoxy) is 1. The molecule has 0 unspecified atom stereocenters. The Morgan fingerprint density at radius 1 is 1.47 bits per heavy atom. The molecule has 2 fully saturated rings. The van der Waals surface area contributed by atoms with Crippen LogP contribution in [0.1, 0.15) is 54.7 Å². The minimum absolute atomic E-state index is 0.126. The molecule has 102 valence electrons. The van der Waals surface area contributed by atoms with E-state index in [-0.39, 0.29) is 11.5 Å². The number of amides is 1. The molecule has 0 aromatic carbocycles. The maximum absolute atomic E-state index is 12.0. The second-order valence-electron chi connectivity index (χ2n) is 5.69. The van der Waals surface area contributed by atoms with Crippen LogP contribution in [-0.2, 0) is 4.74 Å². The number of aromatic nitrogens is 2. The fourth-order valence-corrected chi connectivity index (χ4v) is 2.35. The van der Waals surface area contributed by atoms with Gasteiger partial charge in [-0.2, -0.15) is 0 Å². The van der Waals surface area contributed by atoms with Crippen molar-refractivity contribution in [3.63, 3.8) is 0 Å². The van der Waals surface area contributed by atoms with Crippen LogP contribution in [0.3, 0.4) is 0 Å². The number of carbonyl (C=O) groups is 1. The van der Waals surface area contributed by atoms with Crippen LogP contribution in [0, 0.1) is 0 Å². The van der Waals surface area contributed by atoms with Crippen LogP contribution in [0.25, 0.3) is 0 Å². The zero-order valence-electron chi connectivity index (χ0n) is 11.2. The summed E-state index contributed by atoms with van der Waals surface area (Å²) >= 11 is 0. The van der Waals surface area contributed by atoms with Gasteiger partial charge < -0.3 is 10.1 Å². The maximum atomic E-state index is 12.0. The Labute approximate surface area is 112 Å². The predicted molar refractivity (Wildman–Crippen MR) is 69.9 cm³/mol. The Bertz CT molecular complexity index is 462. The van der Waals surface area contributed by atoms with Crippen molar-refractivity contribution in [1.82, 2.24) is 15.3 Å². The molecule has 1 N–H and O–H groups in total. The lowest BCUT2D eigenvalue weighted by Crippen LogP contribution is -2.40. The summed E-state index contributed by atoms with van der Waals surface area (Å²) in [5.74, 6) is 1.25. The molecule has 0 spiro atoms. The van der Waals surface area contributed by atoms with Gasteiger partial charge in [-0.25, -0.2) is 9.97 Å². The molecule has 1 atom stereocenters. The van der Waals surface area contributed by atoms with Crippen molar-refractivity contribution in [2.45, 2.75) is 44.1 Å². The largest absolute Gasteiger partial charge is 0.373 e. The average molecular weight is 261 g/mol.